The van der Waals surface area contributed by atoms with Crippen molar-refractivity contribution in [2.75, 3.05) is 5.75 Å². The number of carbonyl (C=O) groups excluding carboxylic acids is 1. The van der Waals surface area contributed by atoms with Gasteiger partial charge in [0, 0.05) is 11.3 Å². The summed E-state index contributed by atoms with van der Waals surface area (Å²) in [5.41, 5.74) is 6.24. The number of nitrogens with zero attached hydrogens (tertiary/aromatic N) is 1. The number of aliphatic imine (C=N–C) groups is 1. The molecular formula is C10H10N2OS. The van der Waals surface area contributed by atoms with Crippen LogP contribution in [0.5, 0.6) is 0 Å². The van der Waals surface area contributed by atoms with Gasteiger partial charge < -0.3 is 5.73 Å². The van der Waals surface area contributed by atoms with Crippen LogP contribution in [-0.4, -0.2) is 22.7 Å². The van der Waals surface area contributed by atoms with Gasteiger partial charge in [-0.2, -0.15) is 0 Å². The molecule has 0 spiro atoms. The second-order valence-corrected chi connectivity index (χ2v) is 4.04. The van der Waals surface area contributed by atoms with Crippen molar-refractivity contribution in [2.45, 2.75) is 6.04 Å². The molecule has 1 aromatic rings. The molecule has 1 aromatic carbocycles. The van der Waals surface area contributed by atoms with E-state index in [1.54, 1.807) is 11.8 Å². The van der Waals surface area contributed by atoms with Crippen LogP contribution in [0, 0.1) is 0 Å². The number of hydrogen-bond acceptors (Lipinski definition) is 3. The molecule has 1 heterocycles. The van der Waals surface area contributed by atoms with E-state index in [1.807, 2.05) is 30.3 Å². The molecule has 2 rings (SSSR count). The van der Waals surface area contributed by atoms with E-state index in [4.69, 9.17) is 5.73 Å². The van der Waals surface area contributed by atoms with Crippen molar-refractivity contribution in [1.29, 1.82) is 0 Å². The maximum absolute atomic E-state index is 10.9. The first-order chi connectivity index (χ1) is 6.77. The third-order valence-electron chi connectivity index (χ3n) is 2.00. The van der Waals surface area contributed by atoms with Gasteiger partial charge in [0.1, 0.15) is 6.04 Å². The van der Waals surface area contributed by atoms with Gasteiger partial charge in [0.25, 0.3) is 0 Å². The first-order valence-corrected chi connectivity index (χ1v) is 5.31. The Hall–Kier alpha value is -1.29. The van der Waals surface area contributed by atoms with Crippen molar-refractivity contribution in [1.82, 2.24) is 0 Å². The van der Waals surface area contributed by atoms with Gasteiger partial charge >= 0.3 is 0 Å². The molecule has 1 aliphatic heterocycles. The van der Waals surface area contributed by atoms with E-state index < -0.39 is 0 Å². The van der Waals surface area contributed by atoms with Crippen molar-refractivity contribution in [3.63, 3.8) is 0 Å². The average Bonchev–Trinajstić information content (AvgIpc) is 2.68. The SMILES string of the molecule is NC(=O)C1CSC(c2ccccc2)=N1. The second-order valence-electron chi connectivity index (χ2n) is 3.03. The highest BCUT2D eigenvalue weighted by atomic mass is 32.2. The van der Waals surface area contributed by atoms with E-state index in [0.29, 0.717) is 5.75 Å². The molecule has 0 saturated carbocycles. The number of hydrogen-bond donors (Lipinski definition) is 1. The van der Waals surface area contributed by atoms with Gasteiger partial charge in [-0.3, -0.25) is 9.79 Å². The molecule has 2 N–H and O–H groups in total. The highest BCUT2D eigenvalue weighted by molar-refractivity contribution is 8.14. The maximum atomic E-state index is 10.9. The minimum absolute atomic E-state index is 0.344. The van der Waals surface area contributed by atoms with E-state index in [-0.39, 0.29) is 11.9 Å². The molecule has 1 unspecified atom stereocenters. The predicted molar refractivity (Wildman–Crippen MR) is 58.4 cm³/mol. The molecule has 0 bridgehead atoms. The standard InChI is InChI=1S/C10H10N2OS/c11-9(13)8-6-14-10(12-8)7-4-2-1-3-5-7/h1-5,8H,6H2,(H2,11,13). The van der Waals surface area contributed by atoms with E-state index in [0.717, 1.165) is 10.6 Å². The third kappa shape index (κ3) is 1.80. The summed E-state index contributed by atoms with van der Waals surface area (Å²) < 4.78 is 0. The zero-order chi connectivity index (χ0) is 9.97. The monoisotopic (exact) mass is 206 g/mol. The van der Waals surface area contributed by atoms with Gasteiger partial charge in [0.05, 0.1) is 5.04 Å². The van der Waals surface area contributed by atoms with Gasteiger partial charge in [-0.05, 0) is 0 Å². The van der Waals surface area contributed by atoms with Crippen LogP contribution in [-0.2, 0) is 4.79 Å². The minimum atomic E-state index is -0.352. The number of carbonyl (C=O) groups is 1. The Morgan fingerprint density at radius 2 is 2.14 bits per heavy atom. The number of primary amides is 1. The molecule has 72 valence electrons. The normalized spacial score (nSPS) is 20.6. The summed E-state index contributed by atoms with van der Waals surface area (Å²) >= 11 is 1.58. The fourth-order valence-electron chi connectivity index (χ4n) is 1.26. The van der Waals surface area contributed by atoms with Crippen LogP contribution in [0.3, 0.4) is 0 Å². The van der Waals surface area contributed by atoms with Gasteiger partial charge in [-0.15, -0.1) is 11.8 Å². The molecule has 1 atom stereocenters. The summed E-state index contributed by atoms with van der Waals surface area (Å²) in [4.78, 5) is 15.1. The topological polar surface area (TPSA) is 55.5 Å². The fraction of sp³-hybridized carbons (Fsp3) is 0.200. The largest absolute Gasteiger partial charge is 0.368 e. The van der Waals surface area contributed by atoms with Gasteiger partial charge in [0.15, 0.2) is 0 Å². The summed E-state index contributed by atoms with van der Waals surface area (Å²) in [6, 6.07) is 9.47. The second kappa shape index (κ2) is 3.84. The van der Waals surface area contributed by atoms with Crippen LogP contribution in [0.4, 0.5) is 0 Å². The molecule has 4 heteroatoms. The van der Waals surface area contributed by atoms with E-state index in [1.165, 1.54) is 0 Å². The summed E-state index contributed by atoms with van der Waals surface area (Å²) in [6.07, 6.45) is 0. The Kier molecular flexibility index (Phi) is 2.54. The summed E-state index contributed by atoms with van der Waals surface area (Å²) in [6.45, 7) is 0. The van der Waals surface area contributed by atoms with Crippen molar-refractivity contribution < 1.29 is 4.79 Å². The molecule has 0 radical (unpaired) electrons. The summed E-state index contributed by atoms with van der Waals surface area (Å²) in [5.74, 6) is 0.322. The molecule has 3 nitrogen and oxygen atoms in total. The zero-order valence-electron chi connectivity index (χ0n) is 7.51. The van der Waals surface area contributed by atoms with Crippen LogP contribution in [0.25, 0.3) is 0 Å². The molecule has 0 aromatic heterocycles. The Bertz CT molecular complexity index is 375. The number of rotatable bonds is 2. The predicted octanol–water partition coefficient (Wildman–Crippen LogP) is 1.03. The van der Waals surface area contributed by atoms with Crippen LogP contribution >= 0.6 is 11.8 Å². The van der Waals surface area contributed by atoms with Gasteiger partial charge in [-0.1, -0.05) is 30.3 Å². The van der Waals surface area contributed by atoms with Crippen molar-refractivity contribution in [3.05, 3.63) is 35.9 Å². The number of nitrogens with two attached hydrogens (primary N) is 1. The lowest BCUT2D eigenvalue weighted by Gasteiger charge is -1.97. The maximum Gasteiger partial charge on any atom is 0.243 e. The Labute approximate surface area is 86.4 Å². The van der Waals surface area contributed by atoms with Gasteiger partial charge in [-0.25, -0.2) is 0 Å². The van der Waals surface area contributed by atoms with Crippen LogP contribution in [0.1, 0.15) is 5.56 Å². The van der Waals surface area contributed by atoms with Crippen LogP contribution in [0.15, 0.2) is 35.3 Å². The number of benzene rings is 1. The molecule has 0 aliphatic carbocycles. The minimum Gasteiger partial charge on any atom is -0.368 e. The van der Waals surface area contributed by atoms with E-state index >= 15 is 0 Å². The summed E-state index contributed by atoms with van der Waals surface area (Å²) in [5, 5.41) is 0.911. The Morgan fingerprint density at radius 3 is 2.71 bits per heavy atom. The van der Waals surface area contributed by atoms with E-state index in [9.17, 15) is 4.79 Å². The Balaban J connectivity index is 2.22. The lowest BCUT2D eigenvalue weighted by molar-refractivity contribution is -0.118. The zero-order valence-corrected chi connectivity index (χ0v) is 8.33. The third-order valence-corrected chi connectivity index (χ3v) is 3.10. The summed E-state index contributed by atoms with van der Waals surface area (Å²) in [7, 11) is 0. The van der Waals surface area contributed by atoms with Crippen molar-refractivity contribution in [2.24, 2.45) is 10.7 Å². The molecule has 1 amide bonds. The van der Waals surface area contributed by atoms with Crippen molar-refractivity contribution in [3.8, 4) is 0 Å². The van der Waals surface area contributed by atoms with Crippen LogP contribution in [0.2, 0.25) is 0 Å². The van der Waals surface area contributed by atoms with Crippen LogP contribution < -0.4 is 5.73 Å². The number of thioether (sulfide) groups is 1. The highest BCUT2D eigenvalue weighted by Crippen LogP contribution is 2.22. The molecular weight excluding hydrogens is 196 g/mol. The lowest BCUT2D eigenvalue weighted by Crippen LogP contribution is -2.26. The van der Waals surface area contributed by atoms with E-state index in [2.05, 4.69) is 4.99 Å². The van der Waals surface area contributed by atoms with Gasteiger partial charge in [0.2, 0.25) is 5.91 Å². The first kappa shape index (κ1) is 9.27. The number of amides is 1. The molecule has 1 aliphatic rings. The molecule has 0 saturated heterocycles. The first-order valence-electron chi connectivity index (χ1n) is 4.33. The Morgan fingerprint density at radius 1 is 1.43 bits per heavy atom. The smallest absolute Gasteiger partial charge is 0.243 e. The average molecular weight is 206 g/mol. The fourth-order valence-corrected chi connectivity index (χ4v) is 2.32. The quantitative estimate of drug-likeness (QED) is 0.785. The molecule has 14 heavy (non-hydrogen) atoms. The van der Waals surface area contributed by atoms with Crippen molar-refractivity contribution >= 4 is 22.7 Å². The highest BCUT2D eigenvalue weighted by Gasteiger charge is 2.23. The molecule has 0 fully saturated rings. The lowest BCUT2D eigenvalue weighted by atomic mass is 10.2.